The molecule has 1 atom stereocenters. The molecule has 6 heteroatoms. The third-order valence-electron chi connectivity index (χ3n) is 4.55. The van der Waals surface area contributed by atoms with Gasteiger partial charge in [0.05, 0.1) is 18.4 Å². The second-order valence-corrected chi connectivity index (χ2v) is 6.26. The van der Waals surface area contributed by atoms with Crippen LogP contribution in [0.2, 0.25) is 0 Å². The van der Waals surface area contributed by atoms with Crippen molar-refractivity contribution in [2.24, 2.45) is 0 Å². The molecule has 0 aliphatic carbocycles. The Morgan fingerprint density at radius 3 is 3.00 bits per heavy atom. The summed E-state index contributed by atoms with van der Waals surface area (Å²) in [6.45, 7) is 5.15. The zero-order valence-electron chi connectivity index (χ0n) is 14.1. The van der Waals surface area contributed by atoms with Gasteiger partial charge in [0.15, 0.2) is 0 Å². The quantitative estimate of drug-likeness (QED) is 0.902. The number of furan rings is 1. The van der Waals surface area contributed by atoms with Crippen LogP contribution in [0.5, 0.6) is 0 Å². The number of hydrogen-bond acceptors (Lipinski definition) is 3. The molecular weight excluding hydrogens is 306 g/mol. The van der Waals surface area contributed by atoms with E-state index in [-0.39, 0.29) is 11.8 Å². The van der Waals surface area contributed by atoms with Gasteiger partial charge in [-0.15, -0.1) is 0 Å². The lowest BCUT2D eigenvalue weighted by Gasteiger charge is -2.15. The zero-order valence-corrected chi connectivity index (χ0v) is 14.1. The maximum atomic E-state index is 12.6. The normalized spacial score (nSPS) is 18.1. The van der Waals surface area contributed by atoms with Crippen molar-refractivity contribution in [2.45, 2.75) is 45.7 Å². The molecule has 0 radical (unpaired) electrons. The van der Waals surface area contributed by atoms with Crippen LogP contribution in [0.3, 0.4) is 0 Å². The fourth-order valence-electron chi connectivity index (χ4n) is 3.15. The minimum absolute atomic E-state index is 0.0924. The number of amides is 2. The summed E-state index contributed by atoms with van der Waals surface area (Å²) in [6.07, 6.45) is 4.21. The molecule has 1 fully saturated rings. The van der Waals surface area contributed by atoms with E-state index in [2.05, 4.69) is 10.6 Å². The number of carbonyl (C=O) groups excluding carboxylic acids is 2. The maximum Gasteiger partial charge on any atom is 0.253 e. The molecule has 0 aromatic carbocycles. The fraction of sp³-hybridized carbons (Fsp3) is 0.444. The summed E-state index contributed by atoms with van der Waals surface area (Å²) in [7, 11) is 0. The fourth-order valence-corrected chi connectivity index (χ4v) is 3.15. The summed E-state index contributed by atoms with van der Waals surface area (Å²) in [5, 5.41) is 5.72. The Kier molecular flexibility index (Phi) is 4.74. The van der Waals surface area contributed by atoms with E-state index in [1.54, 1.807) is 6.26 Å². The molecule has 0 spiro atoms. The number of hydrogen-bond donors (Lipinski definition) is 2. The van der Waals surface area contributed by atoms with Gasteiger partial charge in [0.25, 0.3) is 5.91 Å². The van der Waals surface area contributed by atoms with Gasteiger partial charge in [0, 0.05) is 17.9 Å². The molecule has 2 N–H and O–H groups in total. The second-order valence-electron chi connectivity index (χ2n) is 6.26. The van der Waals surface area contributed by atoms with Gasteiger partial charge in [-0.2, -0.15) is 0 Å². The molecule has 3 heterocycles. The molecule has 0 saturated carbocycles. The van der Waals surface area contributed by atoms with Gasteiger partial charge in [0.1, 0.15) is 11.8 Å². The van der Waals surface area contributed by atoms with Crippen molar-refractivity contribution in [1.82, 2.24) is 15.2 Å². The molecule has 0 bridgehead atoms. The lowest BCUT2D eigenvalue weighted by molar-refractivity contribution is -0.122. The van der Waals surface area contributed by atoms with Crippen molar-refractivity contribution in [1.29, 1.82) is 0 Å². The molecule has 128 valence electrons. The van der Waals surface area contributed by atoms with Crippen LogP contribution in [0.15, 0.2) is 28.9 Å². The molecule has 1 aliphatic heterocycles. The van der Waals surface area contributed by atoms with Crippen molar-refractivity contribution >= 4 is 11.8 Å². The van der Waals surface area contributed by atoms with Gasteiger partial charge in [-0.3, -0.25) is 9.59 Å². The van der Waals surface area contributed by atoms with Gasteiger partial charge in [-0.25, -0.2) is 0 Å². The predicted octanol–water partition coefficient (Wildman–Crippen LogP) is 2.14. The Labute approximate surface area is 141 Å². The van der Waals surface area contributed by atoms with Gasteiger partial charge < -0.3 is 19.6 Å². The lowest BCUT2D eigenvalue weighted by Crippen LogP contribution is -2.45. The Balaban J connectivity index is 1.76. The summed E-state index contributed by atoms with van der Waals surface area (Å²) in [4.78, 5) is 24.6. The van der Waals surface area contributed by atoms with Crippen LogP contribution in [0.1, 0.15) is 46.8 Å². The third kappa shape index (κ3) is 3.37. The first-order valence-electron chi connectivity index (χ1n) is 8.34. The molecule has 0 unspecified atom stereocenters. The van der Waals surface area contributed by atoms with E-state index in [9.17, 15) is 9.59 Å². The Bertz CT molecular complexity index is 731. The number of nitrogens with one attached hydrogen (secondary N) is 2. The number of nitrogens with zero attached hydrogens (tertiary/aromatic N) is 1. The molecule has 2 amide bonds. The van der Waals surface area contributed by atoms with Crippen LogP contribution in [0.25, 0.3) is 0 Å². The topological polar surface area (TPSA) is 76.3 Å². The minimum Gasteiger partial charge on any atom is -0.467 e. The van der Waals surface area contributed by atoms with E-state index in [4.69, 9.17) is 4.42 Å². The SMILES string of the molecule is Cc1cc(C(=O)N[C@H]2CCCCNC2=O)c(C)n1Cc1ccco1. The summed E-state index contributed by atoms with van der Waals surface area (Å²) in [5.41, 5.74) is 2.46. The highest BCUT2D eigenvalue weighted by atomic mass is 16.3. The molecule has 2 aromatic heterocycles. The zero-order chi connectivity index (χ0) is 17.1. The first-order chi connectivity index (χ1) is 11.6. The first-order valence-corrected chi connectivity index (χ1v) is 8.34. The van der Waals surface area contributed by atoms with Crippen LogP contribution >= 0.6 is 0 Å². The van der Waals surface area contributed by atoms with Crippen molar-refractivity contribution in [3.63, 3.8) is 0 Å². The van der Waals surface area contributed by atoms with Crippen molar-refractivity contribution in [3.05, 3.63) is 47.2 Å². The van der Waals surface area contributed by atoms with Crippen LogP contribution in [-0.2, 0) is 11.3 Å². The summed E-state index contributed by atoms with van der Waals surface area (Å²) in [6, 6.07) is 5.17. The van der Waals surface area contributed by atoms with E-state index in [0.717, 1.165) is 30.0 Å². The van der Waals surface area contributed by atoms with Gasteiger partial charge >= 0.3 is 0 Å². The molecule has 6 nitrogen and oxygen atoms in total. The van der Waals surface area contributed by atoms with Crippen LogP contribution in [-0.4, -0.2) is 29.0 Å². The molecule has 1 aliphatic rings. The van der Waals surface area contributed by atoms with Crippen molar-refractivity contribution in [2.75, 3.05) is 6.54 Å². The van der Waals surface area contributed by atoms with E-state index in [1.807, 2.05) is 36.6 Å². The predicted molar refractivity (Wildman–Crippen MR) is 89.8 cm³/mol. The van der Waals surface area contributed by atoms with Crippen LogP contribution in [0.4, 0.5) is 0 Å². The van der Waals surface area contributed by atoms with Crippen LogP contribution in [0, 0.1) is 13.8 Å². The Morgan fingerprint density at radius 1 is 1.42 bits per heavy atom. The smallest absolute Gasteiger partial charge is 0.253 e. The average molecular weight is 329 g/mol. The monoisotopic (exact) mass is 329 g/mol. The highest BCUT2D eigenvalue weighted by Gasteiger charge is 2.24. The average Bonchev–Trinajstić information content (AvgIpc) is 3.11. The highest BCUT2D eigenvalue weighted by molar-refractivity contribution is 5.98. The van der Waals surface area contributed by atoms with Gasteiger partial charge in [-0.1, -0.05) is 0 Å². The first kappa shape index (κ1) is 16.4. The van der Waals surface area contributed by atoms with E-state index >= 15 is 0 Å². The van der Waals surface area contributed by atoms with Crippen molar-refractivity contribution in [3.8, 4) is 0 Å². The largest absolute Gasteiger partial charge is 0.467 e. The van der Waals surface area contributed by atoms with Crippen molar-refractivity contribution < 1.29 is 14.0 Å². The number of aromatic nitrogens is 1. The molecular formula is C18H23N3O3. The number of carbonyl (C=O) groups is 2. The van der Waals surface area contributed by atoms with E-state index in [0.29, 0.717) is 25.1 Å². The number of aryl methyl sites for hydroxylation is 1. The summed E-state index contributed by atoms with van der Waals surface area (Å²) in [5.74, 6) is 0.549. The van der Waals surface area contributed by atoms with Gasteiger partial charge in [-0.05, 0) is 51.3 Å². The van der Waals surface area contributed by atoms with Gasteiger partial charge in [0.2, 0.25) is 5.91 Å². The lowest BCUT2D eigenvalue weighted by atomic mass is 10.1. The molecule has 3 rings (SSSR count). The van der Waals surface area contributed by atoms with E-state index in [1.165, 1.54) is 0 Å². The molecule has 24 heavy (non-hydrogen) atoms. The molecule has 2 aromatic rings. The maximum absolute atomic E-state index is 12.6. The number of rotatable bonds is 4. The summed E-state index contributed by atoms with van der Waals surface area (Å²) < 4.78 is 7.43. The summed E-state index contributed by atoms with van der Waals surface area (Å²) >= 11 is 0. The highest BCUT2D eigenvalue weighted by Crippen LogP contribution is 2.18. The Morgan fingerprint density at radius 2 is 2.25 bits per heavy atom. The minimum atomic E-state index is -0.451. The Hall–Kier alpha value is -2.50. The standard InChI is InChI=1S/C18H23N3O3/c1-12-10-15(13(2)21(12)11-14-6-5-9-24-14)17(22)20-16-7-3-4-8-19-18(16)23/h5-6,9-10,16H,3-4,7-8,11H2,1-2H3,(H,19,23)(H,20,22)/t16-/m0/s1. The van der Waals surface area contributed by atoms with Crippen LogP contribution < -0.4 is 10.6 Å². The second kappa shape index (κ2) is 6.95. The van der Waals surface area contributed by atoms with E-state index < -0.39 is 6.04 Å². The third-order valence-corrected chi connectivity index (χ3v) is 4.55. The molecule has 1 saturated heterocycles.